The molecule has 0 saturated carbocycles. The van der Waals surface area contributed by atoms with Crippen LogP contribution in [0.1, 0.15) is 18.4 Å². The summed E-state index contributed by atoms with van der Waals surface area (Å²) in [6.07, 6.45) is 1.99. The fourth-order valence-electron chi connectivity index (χ4n) is 4.35. The number of aromatic nitrogens is 1. The lowest BCUT2D eigenvalue weighted by atomic mass is 10.1. The number of unbranched alkanes of at least 4 members (excludes halogenated alkanes) is 1. The Hall–Kier alpha value is -2.61. The number of fused-ring (bicyclic) bond motifs is 2. The van der Waals surface area contributed by atoms with Crippen molar-refractivity contribution in [2.75, 3.05) is 44.2 Å². The van der Waals surface area contributed by atoms with Gasteiger partial charge >= 0.3 is 5.63 Å². The summed E-state index contributed by atoms with van der Waals surface area (Å²) in [4.78, 5) is 16.6. The van der Waals surface area contributed by atoms with Crippen molar-refractivity contribution >= 4 is 50.0 Å². The Labute approximate surface area is 201 Å². The van der Waals surface area contributed by atoms with Crippen LogP contribution in [0.4, 0.5) is 5.82 Å². The van der Waals surface area contributed by atoms with Crippen LogP contribution in [0.5, 0.6) is 5.75 Å². The summed E-state index contributed by atoms with van der Waals surface area (Å²) < 4.78 is 17.1. The molecular formula is C25H26ClN3O3S. The van der Waals surface area contributed by atoms with E-state index in [9.17, 15) is 4.79 Å². The molecular weight excluding hydrogens is 458 g/mol. The fourth-order valence-corrected chi connectivity index (χ4v) is 5.40. The van der Waals surface area contributed by atoms with E-state index in [4.69, 9.17) is 25.1 Å². The number of nitrogens with zero attached hydrogens (tertiary/aromatic N) is 3. The summed E-state index contributed by atoms with van der Waals surface area (Å²) in [6.45, 7) is 7.59. The molecule has 0 bridgehead atoms. The first-order chi connectivity index (χ1) is 16.1. The average Bonchev–Trinajstić information content (AvgIpc) is 3.25. The van der Waals surface area contributed by atoms with Gasteiger partial charge in [-0.15, -0.1) is 0 Å². The van der Waals surface area contributed by atoms with E-state index in [1.807, 2.05) is 19.1 Å². The predicted molar refractivity (Wildman–Crippen MR) is 135 cm³/mol. The van der Waals surface area contributed by atoms with Gasteiger partial charge in [0.15, 0.2) is 5.58 Å². The van der Waals surface area contributed by atoms with Crippen LogP contribution in [-0.4, -0.2) is 48.6 Å². The van der Waals surface area contributed by atoms with Gasteiger partial charge in [-0.3, -0.25) is 4.90 Å². The first-order valence-electron chi connectivity index (χ1n) is 11.3. The Bertz CT molecular complexity index is 1330. The predicted octanol–water partition coefficient (Wildman–Crippen LogP) is 5.35. The van der Waals surface area contributed by atoms with Crippen molar-refractivity contribution < 1.29 is 9.15 Å². The minimum atomic E-state index is -0.401. The van der Waals surface area contributed by atoms with E-state index in [1.165, 1.54) is 16.2 Å². The van der Waals surface area contributed by atoms with Crippen LogP contribution < -0.4 is 15.3 Å². The largest absolute Gasteiger partial charge is 0.492 e. The monoisotopic (exact) mass is 483 g/mol. The molecule has 5 rings (SSSR count). The lowest BCUT2D eigenvalue weighted by molar-refractivity contribution is 0.238. The number of hydrogen-bond acceptors (Lipinski definition) is 7. The summed E-state index contributed by atoms with van der Waals surface area (Å²) in [7, 11) is 0. The number of ether oxygens (including phenoxy) is 1. The molecule has 1 fully saturated rings. The first-order valence-corrected chi connectivity index (χ1v) is 12.4. The Morgan fingerprint density at radius 3 is 2.76 bits per heavy atom. The maximum atomic E-state index is 11.7. The number of benzene rings is 2. The molecule has 0 spiro atoms. The van der Waals surface area contributed by atoms with E-state index < -0.39 is 5.63 Å². The first kappa shape index (κ1) is 22.2. The highest BCUT2D eigenvalue weighted by atomic mass is 35.5. The highest BCUT2D eigenvalue weighted by Gasteiger charge is 2.20. The number of halogens is 1. The van der Waals surface area contributed by atoms with Gasteiger partial charge in [-0.05, 0) is 67.7 Å². The highest BCUT2D eigenvalue weighted by molar-refractivity contribution is 7.13. The van der Waals surface area contributed by atoms with Crippen molar-refractivity contribution in [2.24, 2.45) is 0 Å². The lowest BCUT2D eigenvalue weighted by Crippen LogP contribution is -2.46. The van der Waals surface area contributed by atoms with E-state index in [0.717, 1.165) is 62.3 Å². The number of rotatable bonds is 7. The molecule has 0 amide bonds. The summed E-state index contributed by atoms with van der Waals surface area (Å²) in [5, 5.41) is 2.45. The van der Waals surface area contributed by atoms with Gasteiger partial charge in [0.2, 0.25) is 0 Å². The van der Waals surface area contributed by atoms with Crippen LogP contribution in [0.15, 0.2) is 51.7 Å². The quantitative estimate of drug-likeness (QED) is 0.261. The molecule has 8 heteroatoms. The minimum Gasteiger partial charge on any atom is -0.492 e. The van der Waals surface area contributed by atoms with Gasteiger partial charge in [0.1, 0.15) is 16.6 Å². The number of piperazine rings is 1. The molecule has 172 valence electrons. The molecule has 1 aliphatic heterocycles. The molecule has 1 aliphatic rings. The van der Waals surface area contributed by atoms with Crippen molar-refractivity contribution in [3.8, 4) is 5.75 Å². The van der Waals surface area contributed by atoms with Gasteiger partial charge in [-0.2, -0.15) is 4.37 Å². The zero-order valence-corrected chi connectivity index (χ0v) is 20.1. The molecule has 2 aromatic carbocycles. The molecule has 33 heavy (non-hydrogen) atoms. The van der Waals surface area contributed by atoms with E-state index >= 15 is 0 Å². The fraction of sp³-hybridized carbons (Fsp3) is 0.360. The van der Waals surface area contributed by atoms with Crippen molar-refractivity contribution in [3.63, 3.8) is 0 Å². The molecule has 0 aliphatic carbocycles. The van der Waals surface area contributed by atoms with Crippen molar-refractivity contribution in [2.45, 2.75) is 19.8 Å². The molecule has 0 radical (unpaired) electrons. The second kappa shape index (κ2) is 9.71. The topological polar surface area (TPSA) is 58.8 Å². The van der Waals surface area contributed by atoms with Crippen LogP contribution in [0.3, 0.4) is 0 Å². The van der Waals surface area contributed by atoms with Gasteiger partial charge in [0.05, 0.1) is 11.3 Å². The molecule has 3 heterocycles. The molecule has 2 aromatic heterocycles. The lowest BCUT2D eigenvalue weighted by Gasteiger charge is -2.35. The number of aryl methyl sites for hydroxylation is 1. The molecule has 1 saturated heterocycles. The molecule has 4 aromatic rings. The van der Waals surface area contributed by atoms with Crippen molar-refractivity contribution in [3.05, 3.63) is 63.5 Å². The molecule has 0 N–H and O–H groups in total. The van der Waals surface area contributed by atoms with Crippen molar-refractivity contribution in [1.82, 2.24) is 9.27 Å². The second-order valence-corrected chi connectivity index (χ2v) is 9.57. The second-order valence-electron chi connectivity index (χ2n) is 8.39. The van der Waals surface area contributed by atoms with Gasteiger partial charge in [0, 0.05) is 43.0 Å². The van der Waals surface area contributed by atoms with Gasteiger partial charge in [-0.25, -0.2) is 4.79 Å². The maximum Gasteiger partial charge on any atom is 0.336 e. The SMILES string of the molecule is Cc1cc(=O)oc2c(Cl)c(OCCCCN3CCN(c4nsc5ccccc45)CC3)ccc12. The van der Waals surface area contributed by atoms with Gasteiger partial charge < -0.3 is 14.1 Å². The Balaban J connectivity index is 1.08. The van der Waals surface area contributed by atoms with E-state index in [-0.39, 0.29) is 0 Å². The van der Waals surface area contributed by atoms with E-state index in [2.05, 4.69) is 34.1 Å². The van der Waals surface area contributed by atoms with Crippen LogP contribution in [0.2, 0.25) is 5.02 Å². The van der Waals surface area contributed by atoms with Crippen LogP contribution in [-0.2, 0) is 0 Å². The zero-order chi connectivity index (χ0) is 22.8. The summed E-state index contributed by atoms with van der Waals surface area (Å²) in [6, 6.07) is 13.7. The summed E-state index contributed by atoms with van der Waals surface area (Å²) in [5.41, 5.74) is 0.838. The van der Waals surface area contributed by atoms with Gasteiger partial charge in [0.25, 0.3) is 0 Å². The van der Waals surface area contributed by atoms with Crippen molar-refractivity contribution in [1.29, 1.82) is 0 Å². The maximum absolute atomic E-state index is 11.7. The molecule has 0 unspecified atom stereocenters. The number of anilines is 1. The third-order valence-corrected chi connectivity index (χ3v) is 7.35. The summed E-state index contributed by atoms with van der Waals surface area (Å²) in [5.74, 6) is 1.68. The molecule has 0 atom stereocenters. The van der Waals surface area contributed by atoms with Crippen LogP contribution >= 0.6 is 23.1 Å². The van der Waals surface area contributed by atoms with E-state index in [1.54, 1.807) is 11.5 Å². The summed E-state index contributed by atoms with van der Waals surface area (Å²) >= 11 is 8.02. The van der Waals surface area contributed by atoms with Crippen LogP contribution in [0, 0.1) is 6.92 Å². The minimum absolute atomic E-state index is 0.360. The standard InChI is InChI=1S/C25H26ClN3O3S/c1-17-16-22(30)32-24-18(17)8-9-20(23(24)26)31-15-5-4-10-28-11-13-29(14-12-28)25-19-6-2-3-7-21(19)33-27-25/h2-3,6-9,16H,4-5,10-15H2,1H3. The van der Waals surface area contributed by atoms with Gasteiger partial charge in [-0.1, -0.05) is 23.7 Å². The number of hydrogen-bond donors (Lipinski definition) is 0. The average molecular weight is 484 g/mol. The third kappa shape index (κ3) is 4.71. The van der Waals surface area contributed by atoms with E-state index in [0.29, 0.717) is 23.0 Å². The zero-order valence-electron chi connectivity index (χ0n) is 18.6. The Morgan fingerprint density at radius 1 is 1.09 bits per heavy atom. The molecule has 6 nitrogen and oxygen atoms in total. The Morgan fingerprint density at radius 2 is 1.91 bits per heavy atom. The third-order valence-electron chi connectivity index (χ3n) is 6.18. The Kier molecular flexibility index (Phi) is 6.53. The van der Waals surface area contributed by atoms with Crippen LogP contribution in [0.25, 0.3) is 21.1 Å². The smallest absolute Gasteiger partial charge is 0.336 e. The normalized spacial score (nSPS) is 14.9. The highest BCUT2D eigenvalue weighted by Crippen LogP contribution is 2.33.